The normalized spacial score (nSPS) is 16.6. The van der Waals surface area contributed by atoms with Crippen molar-refractivity contribution in [2.75, 3.05) is 0 Å². The molecule has 4 nitrogen and oxygen atoms in total. The third kappa shape index (κ3) is 2.20. The average Bonchev–Trinajstić information content (AvgIpc) is 3.00. The molecule has 1 aliphatic heterocycles. The molecule has 114 valence electrons. The number of halogens is 1. The Morgan fingerprint density at radius 2 is 1.86 bits per heavy atom. The molecule has 2 heterocycles. The van der Waals surface area contributed by atoms with Crippen molar-refractivity contribution in [2.24, 2.45) is 0 Å². The zero-order chi connectivity index (χ0) is 16.0. The molecule has 1 aromatic heterocycles. The molecule has 0 aliphatic carbocycles. The van der Waals surface area contributed by atoms with E-state index in [4.69, 9.17) is 0 Å². The van der Waals surface area contributed by atoms with Crippen molar-refractivity contribution in [1.29, 1.82) is 0 Å². The van der Waals surface area contributed by atoms with Crippen LogP contribution in [0.4, 0.5) is 0 Å². The average molecular weight is 362 g/mol. The second kappa shape index (κ2) is 5.39. The highest BCUT2D eigenvalue weighted by Crippen LogP contribution is 2.40. The minimum absolute atomic E-state index is 0.0597. The Morgan fingerprint density at radius 1 is 1.23 bits per heavy atom. The maximum absolute atomic E-state index is 12.8. The summed E-state index contributed by atoms with van der Waals surface area (Å²) in [5.41, 5.74) is 3.84. The molecule has 1 aliphatic rings. The van der Waals surface area contributed by atoms with Crippen LogP contribution in [0.3, 0.4) is 0 Å². The standard InChI is InChI=1S/C17H16BrNO3/c1-9-3-5-11(6-4-9)16(20)14-10(2)13(18)15-12(17(21)22)7-8-19(14)15/h3-6,12H,7-8H2,1-2H3,(H,21,22). The fourth-order valence-corrected chi connectivity index (χ4v) is 3.76. The summed E-state index contributed by atoms with van der Waals surface area (Å²) in [6, 6.07) is 7.44. The third-order valence-corrected chi connectivity index (χ3v) is 5.27. The topological polar surface area (TPSA) is 59.3 Å². The minimum atomic E-state index is -0.841. The summed E-state index contributed by atoms with van der Waals surface area (Å²) in [5.74, 6) is -1.45. The van der Waals surface area contributed by atoms with E-state index in [9.17, 15) is 14.7 Å². The quantitative estimate of drug-likeness (QED) is 0.848. The second-order valence-corrected chi connectivity index (χ2v) is 6.49. The summed E-state index contributed by atoms with van der Waals surface area (Å²) in [5, 5.41) is 9.35. The number of carbonyl (C=O) groups is 2. The fraction of sp³-hybridized carbons (Fsp3) is 0.294. The monoisotopic (exact) mass is 361 g/mol. The van der Waals surface area contributed by atoms with E-state index in [0.717, 1.165) is 15.6 Å². The highest BCUT2D eigenvalue weighted by Gasteiger charge is 2.36. The Labute approximate surface area is 136 Å². The zero-order valence-electron chi connectivity index (χ0n) is 12.4. The van der Waals surface area contributed by atoms with Crippen LogP contribution in [0.5, 0.6) is 0 Å². The Kier molecular flexibility index (Phi) is 3.68. The summed E-state index contributed by atoms with van der Waals surface area (Å²) in [4.78, 5) is 24.2. The van der Waals surface area contributed by atoms with E-state index in [0.29, 0.717) is 29.9 Å². The van der Waals surface area contributed by atoms with Crippen molar-refractivity contribution in [1.82, 2.24) is 4.57 Å². The molecule has 0 bridgehead atoms. The Balaban J connectivity index is 2.11. The fourth-order valence-electron chi connectivity index (χ4n) is 3.08. The van der Waals surface area contributed by atoms with E-state index in [1.54, 1.807) is 0 Å². The van der Waals surface area contributed by atoms with Crippen molar-refractivity contribution in [2.45, 2.75) is 32.7 Å². The van der Waals surface area contributed by atoms with Gasteiger partial charge in [-0.3, -0.25) is 9.59 Å². The molecule has 1 atom stereocenters. The lowest BCUT2D eigenvalue weighted by molar-refractivity contribution is -0.138. The predicted molar refractivity (Wildman–Crippen MR) is 86.5 cm³/mol. The number of carboxylic acids is 1. The van der Waals surface area contributed by atoms with Gasteiger partial charge in [0.2, 0.25) is 5.78 Å². The number of fused-ring (bicyclic) bond motifs is 1. The van der Waals surface area contributed by atoms with Gasteiger partial charge in [-0.1, -0.05) is 29.8 Å². The van der Waals surface area contributed by atoms with Gasteiger partial charge in [0.05, 0.1) is 11.6 Å². The van der Waals surface area contributed by atoms with Crippen LogP contribution in [-0.2, 0) is 11.3 Å². The van der Waals surface area contributed by atoms with Gasteiger partial charge >= 0.3 is 5.97 Å². The van der Waals surface area contributed by atoms with Gasteiger partial charge in [-0.25, -0.2) is 0 Å². The van der Waals surface area contributed by atoms with Crippen LogP contribution in [-0.4, -0.2) is 21.4 Å². The first kappa shape index (κ1) is 15.0. The second-order valence-electron chi connectivity index (χ2n) is 5.70. The smallest absolute Gasteiger partial charge is 0.312 e. The molecule has 0 spiro atoms. The lowest BCUT2D eigenvalue weighted by atomic mass is 10.0. The van der Waals surface area contributed by atoms with E-state index in [-0.39, 0.29) is 5.78 Å². The predicted octanol–water partition coefficient (Wildman–Crippen LogP) is 3.67. The van der Waals surface area contributed by atoms with Gasteiger partial charge < -0.3 is 9.67 Å². The molecule has 0 fully saturated rings. The number of carbonyl (C=O) groups excluding carboxylic acids is 1. The van der Waals surface area contributed by atoms with E-state index in [1.165, 1.54) is 0 Å². The largest absolute Gasteiger partial charge is 0.481 e. The lowest BCUT2D eigenvalue weighted by Gasteiger charge is -2.07. The molecule has 0 saturated carbocycles. The highest BCUT2D eigenvalue weighted by molar-refractivity contribution is 9.10. The van der Waals surface area contributed by atoms with Gasteiger partial charge in [-0.15, -0.1) is 0 Å². The minimum Gasteiger partial charge on any atom is -0.481 e. The van der Waals surface area contributed by atoms with Crippen LogP contribution < -0.4 is 0 Å². The molecular weight excluding hydrogens is 346 g/mol. The number of rotatable bonds is 3. The first-order valence-corrected chi connectivity index (χ1v) is 7.93. The molecule has 1 unspecified atom stereocenters. The van der Waals surface area contributed by atoms with Crippen LogP contribution in [0, 0.1) is 13.8 Å². The van der Waals surface area contributed by atoms with Crippen molar-refractivity contribution in [3.05, 3.63) is 56.8 Å². The van der Waals surface area contributed by atoms with Crippen LogP contribution in [0.2, 0.25) is 0 Å². The summed E-state index contributed by atoms with van der Waals surface area (Å²) in [7, 11) is 0. The van der Waals surface area contributed by atoms with Gasteiger partial charge in [-0.2, -0.15) is 0 Å². The summed E-state index contributed by atoms with van der Waals surface area (Å²) < 4.78 is 2.60. The van der Waals surface area contributed by atoms with Crippen molar-refractivity contribution in [3.8, 4) is 0 Å². The molecule has 3 rings (SSSR count). The van der Waals surface area contributed by atoms with Crippen molar-refractivity contribution >= 4 is 27.7 Å². The number of aliphatic carboxylic acids is 1. The molecule has 0 saturated heterocycles. The Hall–Kier alpha value is -1.88. The first-order valence-electron chi connectivity index (χ1n) is 7.14. The van der Waals surface area contributed by atoms with Crippen LogP contribution in [0.25, 0.3) is 0 Å². The number of nitrogens with zero attached hydrogens (tertiary/aromatic N) is 1. The molecule has 2 aromatic rings. The van der Waals surface area contributed by atoms with Crippen LogP contribution in [0.1, 0.15) is 45.2 Å². The Morgan fingerprint density at radius 3 is 2.45 bits per heavy atom. The van der Waals surface area contributed by atoms with Gasteiger partial charge in [0.1, 0.15) is 0 Å². The molecule has 22 heavy (non-hydrogen) atoms. The molecule has 5 heteroatoms. The summed E-state index contributed by atoms with van der Waals surface area (Å²) in [6.45, 7) is 4.39. The first-order chi connectivity index (χ1) is 10.4. The van der Waals surface area contributed by atoms with Gasteiger partial charge in [0.15, 0.2) is 0 Å². The van der Waals surface area contributed by atoms with Crippen molar-refractivity contribution in [3.63, 3.8) is 0 Å². The van der Waals surface area contributed by atoms with Gasteiger partial charge in [0, 0.05) is 22.3 Å². The molecule has 1 N–H and O–H groups in total. The summed E-state index contributed by atoms with van der Waals surface area (Å²) in [6.07, 6.45) is 0.526. The number of aryl methyl sites for hydroxylation is 1. The summed E-state index contributed by atoms with van der Waals surface area (Å²) >= 11 is 3.48. The maximum atomic E-state index is 12.8. The molecule has 0 amide bonds. The number of benzene rings is 1. The van der Waals surface area contributed by atoms with Gasteiger partial charge in [0.25, 0.3) is 0 Å². The number of carboxylic acid groups (broad SMARTS) is 1. The van der Waals surface area contributed by atoms with Gasteiger partial charge in [-0.05, 0) is 41.8 Å². The number of hydrogen-bond acceptors (Lipinski definition) is 2. The number of aromatic nitrogens is 1. The zero-order valence-corrected chi connectivity index (χ0v) is 14.0. The van der Waals surface area contributed by atoms with Crippen LogP contribution >= 0.6 is 15.9 Å². The van der Waals surface area contributed by atoms with E-state index in [1.807, 2.05) is 42.7 Å². The lowest BCUT2D eigenvalue weighted by Crippen LogP contribution is -2.11. The van der Waals surface area contributed by atoms with Crippen molar-refractivity contribution < 1.29 is 14.7 Å². The molecular formula is C17H16BrNO3. The number of hydrogen-bond donors (Lipinski definition) is 1. The van der Waals surface area contributed by atoms with E-state index >= 15 is 0 Å². The number of ketones is 1. The van der Waals surface area contributed by atoms with Crippen LogP contribution in [0.15, 0.2) is 28.7 Å². The third-order valence-electron chi connectivity index (χ3n) is 4.27. The van der Waals surface area contributed by atoms with E-state index < -0.39 is 11.9 Å². The Bertz CT molecular complexity index is 774. The SMILES string of the molecule is Cc1ccc(C(=O)c2c(C)c(Br)c3n2CCC3C(=O)O)cc1. The molecule has 0 radical (unpaired) electrons. The maximum Gasteiger partial charge on any atom is 0.312 e. The van der Waals surface area contributed by atoms with E-state index in [2.05, 4.69) is 15.9 Å². The highest BCUT2D eigenvalue weighted by atomic mass is 79.9. The molecule has 1 aromatic carbocycles.